The van der Waals surface area contributed by atoms with Crippen molar-refractivity contribution in [1.82, 2.24) is 19.7 Å². The summed E-state index contributed by atoms with van der Waals surface area (Å²) in [7, 11) is -1.69. The van der Waals surface area contributed by atoms with Gasteiger partial charge < -0.3 is 14.8 Å². The van der Waals surface area contributed by atoms with Crippen molar-refractivity contribution in [3.05, 3.63) is 32.9 Å². The number of hydrogen-bond acceptors (Lipinski definition) is 8. The zero-order valence-corrected chi connectivity index (χ0v) is 12.8. The van der Waals surface area contributed by atoms with E-state index in [1.165, 1.54) is 13.2 Å². The molecule has 0 unspecified atom stereocenters. The maximum Gasteiger partial charge on any atom is 0.328 e. The molecule has 0 aliphatic carbocycles. The predicted molar refractivity (Wildman–Crippen MR) is 76.9 cm³/mol. The smallest absolute Gasteiger partial charge is 0.328 e. The van der Waals surface area contributed by atoms with Crippen LogP contribution in [0.3, 0.4) is 0 Å². The molecule has 0 aliphatic rings. The average molecular weight is 329 g/mol. The molecule has 10 nitrogen and oxygen atoms in total. The molecular formula is C11H15N5O5S. The quantitative estimate of drug-likeness (QED) is 0.676. The van der Waals surface area contributed by atoms with E-state index in [0.717, 1.165) is 10.8 Å². The van der Waals surface area contributed by atoms with Gasteiger partial charge >= 0.3 is 5.69 Å². The summed E-state index contributed by atoms with van der Waals surface area (Å²) < 4.78 is 28.3. The number of rotatable bonds is 5. The van der Waals surface area contributed by atoms with Gasteiger partial charge in [0.2, 0.25) is 11.7 Å². The van der Waals surface area contributed by atoms with Crippen molar-refractivity contribution in [3.8, 4) is 11.4 Å². The van der Waals surface area contributed by atoms with E-state index in [9.17, 15) is 18.0 Å². The van der Waals surface area contributed by atoms with Gasteiger partial charge in [-0.2, -0.15) is 4.98 Å². The maximum absolute atomic E-state index is 11.7. The summed E-state index contributed by atoms with van der Waals surface area (Å²) in [5.74, 6) is -0.125. The van der Waals surface area contributed by atoms with Gasteiger partial charge in [-0.15, -0.1) is 0 Å². The van der Waals surface area contributed by atoms with Gasteiger partial charge in [-0.05, 0) is 6.42 Å². The molecule has 2 aromatic heterocycles. The molecule has 1 atom stereocenters. The third-order valence-electron chi connectivity index (χ3n) is 2.91. The third-order valence-corrected chi connectivity index (χ3v) is 3.88. The second kappa shape index (κ2) is 5.85. The van der Waals surface area contributed by atoms with Gasteiger partial charge in [0.1, 0.15) is 15.4 Å². The predicted octanol–water partition coefficient (Wildman–Crippen LogP) is -1.44. The topological polar surface area (TPSA) is 154 Å². The second-order valence-electron chi connectivity index (χ2n) is 4.89. The molecule has 0 spiro atoms. The number of nitrogens with zero attached hydrogens (tertiary/aromatic N) is 3. The van der Waals surface area contributed by atoms with Crippen LogP contribution in [0.2, 0.25) is 0 Å². The van der Waals surface area contributed by atoms with Crippen molar-refractivity contribution in [2.24, 2.45) is 12.8 Å². The SMILES string of the molecule is Cn1cc(-c2noc([C@H](N)CCS(C)(=O)=O)n2)c(=O)[nH]c1=O. The number of H-pyrrole nitrogens is 1. The van der Waals surface area contributed by atoms with Crippen LogP contribution >= 0.6 is 0 Å². The first-order chi connectivity index (χ1) is 10.2. The first-order valence-corrected chi connectivity index (χ1v) is 8.30. The summed E-state index contributed by atoms with van der Waals surface area (Å²) in [5.41, 5.74) is 4.61. The highest BCUT2D eigenvalue weighted by Crippen LogP contribution is 2.16. The molecule has 0 bridgehead atoms. The fourth-order valence-corrected chi connectivity index (χ4v) is 2.36. The first-order valence-electron chi connectivity index (χ1n) is 6.24. The molecule has 2 rings (SSSR count). The molecule has 2 aromatic rings. The van der Waals surface area contributed by atoms with Gasteiger partial charge in [0.25, 0.3) is 5.56 Å². The van der Waals surface area contributed by atoms with Crippen molar-refractivity contribution in [1.29, 1.82) is 0 Å². The fourth-order valence-electron chi connectivity index (χ4n) is 1.68. The Bertz CT molecular complexity index is 894. The summed E-state index contributed by atoms with van der Waals surface area (Å²) in [5, 5.41) is 3.63. The van der Waals surface area contributed by atoms with E-state index < -0.39 is 27.1 Å². The van der Waals surface area contributed by atoms with Crippen molar-refractivity contribution in [2.45, 2.75) is 12.5 Å². The number of aromatic amines is 1. The minimum Gasteiger partial charge on any atom is -0.337 e. The molecule has 0 saturated carbocycles. The number of hydrogen-bond donors (Lipinski definition) is 2. The van der Waals surface area contributed by atoms with Gasteiger partial charge in [0, 0.05) is 19.5 Å². The second-order valence-corrected chi connectivity index (χ2v) is 7.15. The van der Waals surface area contributed by atoms with Crippen LogP contribution in [-0.4, -0.2) is 40.1 Å². The lowest BCUT2D eigenvalue weighted by atomic mass is 10.2. The molecular weight excluding hydrogens is 314 g/mol. The van der Waals surface area contributed by atoms with Crippen LogP contribution < -0.4 is 17.0 Å². The fraction of sp³-hybridized carbons (Fsp3) is 0.455. The van der Waals surface area contributed by atoms with Crippen molar-refractivity contribution in [3.63, 3.8) is 0 Å². The Morgan fingerprint density at radius 1 is 1.45 bits per heavy atom. The monoisotopic (exact) mass is 329 g/mol. The molecule has 0 radical (unpaired) electrons. The van der Waals surface area contributed by atoms with Gasteiger partial charge in [-0.1, -0.05) is 5.16 Å². The Morgan fingerprint density at radius 2 is 2.14 bits per heavy atom. The molecule has 0 aliphatic heterocycles. The largest absolute Gasteiger partial charge is 0.337 e. The lowest BCUT2D eigenvalue weighted by Gasteiger charge is -2.04. The number of nitrogens with two attached hydrogens (primary N) is 1. The molecule has 0 amide bonds. The maximum atomic E-state index is 11.7. The van der Waals surface area contributed by atoms with Crippen LogP contribution in [0.15, 0.2) is 20.3 Å². The summed E-state index contributed by atoms with van der Waals surface area (Å²) in [6.45, 7) is 0. The molecule has 3 N–H and O–H groups in total. The first kappa shape index (κ1) is 16.1. The highest BCUT2D eigenvalue weighted by Gasteiger charge is 2.19. The lowest BCUT2D eigenvalue weighted by Crippen LogP contribution is -2.28. The normalized spacial score (nSPS) is 13.2. The molecule has 0 fully saturated rings. The van der Waals surface area contributed by atoms with E-state index in [1.54, 1.807) is 0 Å². The van der Waals surface area contributed by atoms with Crippen LogP contribution in [0.4, 0.5) is 0 Å². The van der Waals surface area contributed by atoms with Crippen LogP contribution in [0.25, 0.3) is 11.4 Å². The molecule has 120 valence electrons. The molecule has 0 aromatic carbocycles. The highest BCUT2D eigenvalue weighted by atomic mass is 32.2. The number of aromatic nitrogens is 4. The van der Waals surface area contributed by atoms with E-state index in [4.69, 9.17) is 10.3 Å². The Morgan fingerprint density at radius 3 is 2.77 bits per heavy atom. The molecule has 11 heteroatoms. The lowest BCUT2D eigenvalue weighted by molar-refractivity contribution is 0.352. The Kier molecular flexibility index (Phi) is 4.28. The summed E-state index contributed by atoms with van der Waals surface area (Å²) in [6.07, 6.45) is 2.49. The molecule has 0 saturated heterocycles. The Hall–Kier alpha value is -2.27. The van der Waals surface area contributed by atoms with Gasteiger partial charge in [0.05, 0.1) is 11.8 Å². The average Bonchev–Trinajstić information content (AvgIpc) is 2.89. The van der Waals surface area contributed by atoms with E-state index in [2.05, 4.69) is 15.1 Å². The zero-order chi connectivity index (χ0) is 16.5. The van der Waals surface area contributed by atoms with Crippen LogP contribution in [0.5, 0.6) is 0 Å². The van der Waals surface area contributed by atoms with Crippen LogP contribution in [0, 0.1) is 0 Å². The zero-order valence-electron chi connectivity index (χ0n) is 11.9. The number of nitrogens with one attached hydrogen (secondary N) is 1. The standard InChI is InChI=1S/C11H15N5O5S/c1-16-5-6(9(17)14-11(16)18)8-13-10(21-15-8)7(12)3-4-22(2,19)20/h5,7H,3-4,12H2,1-2H3,(H,14,17,18)/t7-/m1/s1. The number of sulfone groups is 1. The molecule has 22 heavy (non-hydrogen) atoms. The van der Waals surface area contributed by atoms with E-state index in [0.29, 0.717) is 0 Å². The van der Waals surface area contributed by atoms with E-state index in [1.807, 2.05) is 0 Å². The van der Waals surface area contributed by atoms with Gasteiger partial charge in [0.15, 0.2) is 0 Å². The minimum atomic E-state index is -3.15. The van der Waals surface area contributed by atoms with Gasteiger partial charge in [-0.25, -0.2) is 13.2 Å². The number of aryl methyl sites for hydroxylation is 1. The van der Waals surface area contributed by atoms with E-state index >= 15 is 0 Å². The summed E-state index contributed by atoms with van der Waals surface area (Å²) in [4.78, 5) is 29.1. The van der Waals surface area contributed by atoms with Crippen molar-refractivity contribution in [2.75, 3.05) is 12.0 Å². The summed E-state index contributed by atoms with van der Waals surface area (Å²) in [6, 6.07) is -0.761. The Balaban J connectivity index is 2.27. The van der Waals surface area contributed by atoms with Crippen molar-refractivity contribution >= 4 is 9.84 Å². The Labute approximate surface area is 124 Å². The van der Waals surface area contributed by atoms with Crippen molar-refractivity contribution < 1.29 is 12.9 Å². The third kappa shape index (κ3) is 3.68. The van der Waals surface area contributed by atoms with Gasteiger partial charge in [-0.3, -0.25) is 9.78 Å². The highest BCUT2D eigenvalue weighted by molar-refractivity contribution is 7.90. The van der Waals surface area contributed by atoms with Crippen LogP contribution in [-0.2, 0) is 16.9 Å². The minimum absolute atomic E-state index is 0.0203. The molecule has 2 heterocycles. The van der Waals surface area contributed by atoms with Crippen LogP contribution in [0.1, 0.15) is 18.4 Å². The van der Waals surface area contributed by atoms with E-state index in [-0.39, 0.29) is 29.5 Å². The summed E-state index contributed by atoms with van der Waals surface area (Å²) >= 11 is 0.